The van der Waals surface area contributed by atoms with Gasteiger partial charge < -0.3 is 14.8 Å². The Balaban J connectivity index is 1.88. The number of nitrogens with one attached hydrogen (secondary N) is 1. The highest BCUT2D eigenvalue weighted by Gasteiger charge is 2.49. The van der Waals surface area contributed by atoms with Gasteiger partial charge in [0.25, 0.3) is 0 Å². The van der Waals surface area contributed by atoms with Gasteiger partial charge in [-0.15, -0.1) is 0 Å². The Morgan fingerprint density at radius 3 is 2.35 bits per heavy atom. The zero-order valence-electron chi connectivity index (χ0n) is 13.1. The van der Waals surface area contributed by atoms with Crippen molar-refractivity contribution in [3.8, 4) is 11.5 Å². The Kier molecular flexibility index (Phi) is 4.92. The zero-order valence-corrected chi connectivity index (χ0v) is 13.1. The van der Waals surface area contributed by atoms with E-state index in [9.17, 15) is 0 Å². The quantitative estimate of drug-likeness (QED) is 0.825. The summed E-state index contributed by atoms with van der Waals surface area (Å²) in [6, 6.07) is 8.53. The van der Waals surface area contributed by atoms with E-state index in [0.717, 1.165) is 37.5 Å². The first-order chi connectivity index (χ1) is 9.57. The Labute approximate surface area is 122 Å². The lowest BCUT2D eigenvalue weighted by molar-refractivity contribution is -0.0541. The number of rotatable bonds is 7. The van der Waals surface area contributed by atoms with Gasteiger partial charge in [-0.25, -0.2) is 0 Å². The van der Waals surface area contributed by atoms with Crippen molar-refractivity contribution >= 4 is 0 Å². The molecule has 0 spiro atoms. The van der Waals surface area contributed by atoms with Crippen molar-refractivity contribution in [1.82, 2.24) is 5.32 Å². The summed E-state index contributed by atoms with van der Waals surface area (Å²) in [6.07, 6.45) is 2.39. The largest absolute Gasteiger partial charge is 0.494 e. The van der Waals surface area contributed by atoms with Crippen LogP contribution in [0.1, 0.15) is 40.5 Å². The molecule has 1 fully saturated rings. The number of ether oxygens (including phenoxy) is 2. The molecule has 0 aliphatic heterocycles. The van der Waals surface area contributed by atoms with Gasteiger partial charge in [0.05, 0.1) is 6.61 Å². The van der Waals surface area contributed by atoms with E-state index >= 15 is 0 Å². The molecule has 0 aromatic heterocycles. The summed E-state index contributed by atoms with van der Waals surface area (Å²) in [5, 5.41) is 3.52. The summed E-state index contributed by atoms with van der Waals surface area (Å²) in [5.41, 5.74) is 0.188. The molecule has 0 heterocycles. The molecule has 2 unspecified atom stereocenters. The Hall–Kier alpha value is -1.22. The Morgan fingerprint density at radius 2 is 1.80 bits per heavy atom. The maximum atomic E-state index is 6.11. The average molecular weight is 277 g/mol. The first-order valence-electron chi connectivity index (χ1n) is 7.70. The van der Waals surface area contributed by atoms with Crippen molar-refractivity contribution < 1.29 is 9.47 Å². The molecule has 2 atom stereocenters. The highest BCUT2D eigenvalue weighted by atomic mass is 16.5. The third-order valence-electron chi connectivity index (χ3n) is 4.20. The van der Waals surface area contributed by atoms with E-state index in [2.05, 4.69) is 33.0 Å². The van der Waals surface area contributed by atoms with Crippen LogP contribution in [0, 0.1) is 5.41 Å². The molecule has 2 rings (SSSR count). The van der Waals surface area contributed by atoms with E-state index in [1.807, 2.05) is 24.3 Å². The molecule has 1 aromatic rings. The van der Waals surface area contributed by atoms with Crippen LogP contribution >= 0.6 is 0 Å². The maximum Gasteiger partial charge on any atom is 0.120 e. The highest BCUT2D eigenvalue weighted by molar-refractivity contribution is 5.31. The second-order valence-corrected chi connectivity index (χ2v) is 6.09. The molecule has 3 heteroatoms. The van der Waals surface area contributed by atoms with Crippen molar-refractivity contribution in [1.29, 1.82) is 0 Å². The third kappa shape index (κ3) is 3.26. The molecule has 1 aliphatic rings. The van der Waals surface area contributed by atoms with Crippen molar-refractivity contribution in [3.05, 3.63) is 24.3 Å². The van der Waals surface area contributed by atoms with Crippen LogP contribution in [0.15, 0.2) is 24.3 Å². The molecule has 1 saturated carbocycles. The number of hydrogen-bond donors (Lipinski definition) is 1. The van der Waals surface area contributed by atoms with E-state index < -0.39 is 0 Å². The van der Waals surface area contributed by atoms with Crippen molar-refractivity contribution in [2.45, 2.75) is 52.7 Å². The molecule has 0 saturated heterocycles. The van der Waals surface area contributed by atoms with Crippen LogP contribution in [0.2, 0.25) is 0 Å². The van der Waals surface area contributed by atoms with Gasteiger partial charge in [-0.1, -0.05) is 27.7 Å². The van der Waals surface area contributed by atoms with Gasteiger partial charge in [-0.05, 0) is 37.2 Å². The summed E-state index contributed by atoms with van der Waals surface area (Å²) >= 11 is 0. The normalized spacial score (nSPS) is 24.0. The fourth-order valence-corrected chi connectivity index (χ4v) is 2.68. The minimum Gasteiger partial charge on any atom is -0.494 e. The van der Waals surface area contributed by atoms with E-state index in [1.165, 1.54) is 0 Å². The topological polar surface area (TPSA) is 30.5 Å². The predicted octanol–water partition coefficient (Wildman–Crippen LogP) is 3.63. The summed E-state index contributed by atoms with van der Waals surface area (Å²) < 4.78 is 11.7. The van der Waals surface area contributed by atoms with Gasteiger partial charge in [-0.3, -0.25) is 0 Å². The molecule has 1 aromatic carbocycles. The minimum atomic E-state index is 0.188. The van der Waals surface area contributed by atoms with Crippen LogP contribution in [0.5, 0.6) is 11.5 Å². The lowest BCUT2D eigenvalue weighted by Gasteiger charge is -2.51. The van der Waals surface area contributed by atoms with Crippen molar-refractivity contribution in [2.24, 2.45) is 5.41 Å². The lowest BCUT2D eigenvalue weighted by Crippen LogP contribution is -2.62. The zero-order chi connectivity index (χ0) is 14.6. The van der Waals surface area contributed by atoms with Gasteiger partial charge in [-0.2, -0.15) is 0 Å². The minimum absolute atomic E-state index is 0.188. The first-order valence-corrected chi connectivity index (χ1v) is 7.70. The molecule has 20 heavy (non-hydrogen) atoms. The van der Waals surface area contributed by atoms with Crippen LogP contribution in [-0.2, 0) is 0 Å². The molecule has 0 amide bonds. The van der Waals surface area contributed by atoms with Gasteiger partial charge in [0, 0.05) is 17.9 Å². The third-order valence-corrected chi connectivity index (χ3v) is 4.20. The fraction of sp³-hybridized carbons (Fsp3) is 0.647. The van der Waals surface area contributed by atoms with Gasteiger partial charge in [0.1, 0.15) is 17.6 Å². The van der Waals surface area contributed by atoms with E-state index in [-0.39, 0.29) is 11.5 Å². The van der Waals surface area contributed by atoms with Gasteiger partial charge >= 0.3 is 0 Å². The molecule has 112 valence electrons. The van der Waals surface area contributed by atoms with Gasteiger partial charge in [0.2, 0.25) is 0 Å². The molecule has 1 aliphatic carbocycles. The predicted molar refractivity (Wildman–Crippen MR) is 82.5 cm³/mol. The number of hydrogen-bond acceptors (Lipinski definition) is 3. The highest BCUT2D eigenvalue weighted by Crippen LogP contribution is 2.43. The Bertz CT molecular complexity index is 414. The molecular weight excluding hydrogens is 250 g/mol. The van der Waals surface area contributed by atoms with Crippen LogP contribution in [0.25, 0.3) is 0 Å². The standard InChI is InChI=1S/C17H27NO2/c1-5-11-19-13-7-9-14(10-8-13)20-16-12-15(18-6-2)17(16,3)4/h7-10,15-16,18H,5-6,11-12H2,1-4H3. The van der Waals surface area contributed by atoms with Crippen molar-refractivity contribution in [3.63, 3.8) is 0 Å². The number of benzene rings is 1. The molecule has 0 bridgehead atoms. The average Bonchev–Trinajstić information content (AvgIpc) is 2.45. The van der Waals surface area contributed by atoms with Crippen LogP contribution in [0.3, 0.4) is 0 Å². The van der Waals surface area contributed by atoms with Crippen LogP contribution < -0.4 is 14.8 Å². The van der Waals surface area contributed by atoms with E-state index in [1.54, 1.807) is 0 Å². The summed E-state index contributed by atoms with van der Waals surface area (Å²) in [4.78, 5) is 0. The molecular formula is C17H27NO2. The fourth-order valence-electron chi connectivity index (χ4n) is 2.68. The van der Waals surface area contributed by atoms with Crippen LogP contribution in [0.4, 0.5) is 0 Å². The second-order valence-electron chi connectivity index (χ2n) is 6.09. The molecule has 3 nitrogen and oxygen atoms in total. The van der Waals surface area contributed by atoms with Gasteiger partial charge in [0.15, 0.2) is 0 Å². The molecule has 1 N–H and O–H groups in total. The lowest BCUT2D eigenvalue weighted by atomic mass is 9.64. The summed E-state index contributed by atoms with van der Waals surface area (Å²) in [6.45, 7) is 10.6. The maximum absolute atomic E-state index is 6.11. The van der Waals surface area contributed by atoms with Crippen molar-refractivity contribution in [2.75, 3.05) is 13.2 Å². The van der Waals surface area contributed by atoms with E-state index in [0.29, 0.717) is 6.04 Å². The SMILES string of the molecule is CCCOc1ccc(OC2CC(NCC)C2(C)C)cc1. The smallest absolute Gasteiger partial charge is 0.120 e. The second kappa shape index (κ2) is 6.49. The summed E-state index contributed by atoms with van der Waals surface area (Å²) in [7, 11) is 0. The van der Waals surface area contributed by atoms with E-state index in [4.69, 9.17) is 9.47 Å². The molecule has 0 radical (unpaired) electrons. The first kappa shape index (κ1) is 15.2. The summed E-state index contributed by atoms with van der Waals surface area (Å²) in [5.74, 6) is 1.85. The van der Waals surface area contributed by atoms with Crippen LogP contribution in [-0.4, -0.2) is 25.3 Å². The Morgan fingerprint density at radius 1 is 1.15 bits per heavy atom. The monoisotopic (exact) mass is 277 g/mol.